The van der Waals surface area contributed by atoms with E-state index in [0.29, 0.717) is 60.7 Å². The molecule has 1 aliphatic rings. The fraction of sp³-hybridized carbons (Fsp3) is 0.440. The van der Waals surface area contributed by atoms with Gasteiger partial charge in [-0.1, -0.05) is 17.7 Å². The predicted molar refractivity (Wildman–Crippen MR) is 129 cm³/mol. The van der Waals surface area contributed by atoms with E-state index in [0.717, 1.165) is 5.56 Å². The maximum Gasteiger partial charge on any atom is 0.227 e. The van der Waals surface area contributed by atoms with Gasteiger partial charge in [0.15, 0.2) is 11.5 Å². The number of benzene rings is 2. The van der Waals surface area contributed by atoms with Crippen LogP contribution in [0.3, 0.4) is 0 Å². The van der Waals surface area contributed by atoms with E-state index < -0.39 is 0 Å². The van der Waals surface area contributed by atoms with Crippen LogP contribution in [0.15, 0.2) is 36.4 Å². The quantitative estimate of drug-likeness (QED) is 0.552. The molecule has 1 aliphatic heterocycles. The lowest BCUT2D eigenvalue weighted by Gasteiger charge is -2.33. The summed E-state index contributed by atoms with van der Waals surface area (Å²) in [5.41, 5.74) is 1.68. The number of hydrogen-bond acceptors (Lipinski definition) is 5. The van der Waals surface area contributed by atoms with E-state index in [4.69, 9.17) is 25.8 Å². The summed E-state index contributed by atoms with van der Waals surface area (Å²) in [4.78, 5) is 26.8. The second-order valence-corrected chi connectivity index (χ2v) is 8.23. The van der Waals surface area contributed by atoms with Gasteiger partial charge < -0.3 is 24.4 Å². The molecule has 3 rings (SSSR count). The zero-order valence-corrected chi connectivity index (χ0v) is 20.1. The minimum Gasteiger partial charge on any atom is -0.490 e. The summed E-state index contributed by atoms with van der Waals surface area (Å²) in [7, 11) is 0. The van der Waals surface area contributed by atoms with Crippen molar-refractivity contribution in [3.8, 4) is 17.2 Å². The van der Waals surface area contributed by atoms with Crippen LogP contribution >= 0.6 is 11.6 Å². The maximum atomic E-state index is 12.8. The second kappa shape index (κ2) is 11.8. The summed E-state index contributed by atoms with van der Waals surface area (Å²) >= 11 is 6.10. The Labute approximate surface area is 200 Å². The molecule has 33 heavy (non-hydrogen) atoms. The monoisotopic (exact) mass is 474 g/mol. The lowest BCUT2D eigenvalue weighted by molar-refractivity contribution is -0.125. The molecule has 2 aromatic carbocycles. The molecule has 0 aromatic heterocycles. The van der Waals surface area contributed by atoms with Crippen molar-refractivity contribution < 1.29 is 23.8 Å². The summed E-state index contributed by atoms with van der Waals surface area (Å²) in [6.07, 6.45) is 0.752. The minimum atomic E-state index is -0.160. The number of nitrogens with one attached hydrogen (secondary N) is 1. The smallest absolute Gasteiger partial charge is 0.227 e. The predicted octanol–water partition coefficient (Wildman–Crippen LogP) is 4.39. The molecule has 0 radical (unpaired) electrons. The molecular formula is C25H31ClN2O5. The first-order chi connectivity index (χ1) is 15.9. The van der Waals surface area contributed by atoms with Gasteiger partial charge in [-0.15, -0.1) is 0 Å². The lowest BCUT2D eigenvalue weighted by Crippen LogP contribution is -2.42. The number of carbonyl (C=O) groups excluding carboxylic acids is 2. The fourth-order valence-electron chi connectivity index (χ4n) is 3.69. The largest absolute Gasteiger partial charge is 0.490 e. The van der Waals surface area contributed by atoms with E-state index in [2.05, 4.69) is 5.32 Å². The summed E-state index contributed by atoms with van der Waals surface area (Å²) in [5.74, 6) is 1.75. The number of anilines is 1. The Balaban J connectivity index is 1.49. The van der Waals surface area contributed by atoms with E-state index in [-0.39, 0.29) is 30.8 Å². The highest BCUT2D eigenvalue weighted by atomic mass is 35.5. The van der Waals surface area contributed by atoms with Crippen LogP contribution in [0.2, 0.25) is 5.02 Å². The zero-order chi connectivity index (χ0) is 23.8. The van der Waals surface area contributed by atoms with Crippen LogP contribution < -0.4 is 24.4 Å². The molecule has 2 aromatic rings. The first kappa shape index (κ1) is 24.7. The van der Waals surface area contributed by atoms with Gasteiger partial charge in [0.25, 0.3) is 0 Å². The molecule has 1 atom stereocenters. The van der Waals surface area contributed by atoms with E-state index in [1.807, 2.05) is 39.0 Å². The van der Waals surface area contributed by atoms with Crippen molar-refractivity contribution in [2.24, 2.45) is 0 Å². The number of carbonyl (C=O) groups is 2. The third-order valence-electron chi connectivity index (χ3n) is 5.19. The molecule has 1 N–H and O–H groups in total. The van der Waals surface area contributed by atoms with Crippen LogP contribution in [0, 0.1) is 0 Å². The van der Waals surface area contributed by atoms with Gasteiger partial charge in [-0.05, 0) is 63.1 Å². The van der Waals surface area contributed by atoms with E-state index in [9.17, 15) is 9.59 Å². The molecule has 0 aliphatic carbocycles. The highest BCUT2D eigenvalue weighted by Crippen LogP contribution is 2.36. The summed E-state index contributed by atoms with van der Waals surface area (Å²) in [5, 5.41) is 3.42. The van der Waals surface area contributed by atoms with Crippen LogP contribution in [-0.4, -0.2) is 44.2 Å². The van der Waals surface area contributed by atoms with Gasteiger partial charge in [-0.2, -0.15) is 0 Å². The zero-order valence-electron chi connectivity index (χ0n) is 19.4. The first-order valence-electron chi connectivity index (χ1n) is 11.3. The molecule has 8 heteroatoms. The molecular weight excluding hydrogens is 444 g/mol. The van der Waals surface area contributed by atoms with E-state index >= 15 is 0 Å². The Kier molecular flexibility index (Phi) is 8.83. The molecule has 0 saturated carbocycles. The maximum absolute atomic E-state index is 12.8. The lowest BCUT2D eigenvalue weighted by atomic mass is 10.1. The van der Waals surface area contributed by atoms with Crippen molar-refractivity contribution in [2.45, 2.75) is 46.1 Å². The SMILES string of the molecule is CCOc1ccc(CCNC(=O)CCC(=O)N2CC(C)Oc3ccc(Cl)cc32)cc1OCC. The molecule has 1 heterocycles. The molecule has 0 spiro atoms. The van der Waals surface area contributed by atoms with Gasteiger partial charge in [0.2, 0.25) is 11.8 Å². The van der Waals surface area contributed by atoms with Crippen LogP contribution in [0.25, 0.3) is 0 Å². The molecule has 1 unspecified atom stereocenters. The van der Waals surface area contributed by atoms with Crippen LogP contribution in [0.4, 0.5) is 5.69 Å². The number of halogens is 1. The van der Waals surface area contributed by atoms with Gasteiger partial charge in [0, 0.05) is 24.4 Å². The Morgan fingerprint density at radius 2 is 1.85 bits per heavy atom. The van der Waals surface area contributed by atoms with Crippen molar-refractivity contribution in [1.82, 2.24) is 5.32 Å². The average Bonchev–Trinajstić information content (AvgIpc) is 2.79. The number of fused-ring (bicyclic) bond motifs is 1. The topological polar surface area (TPSA) is 77.1 Å². The highest BCUT2D eigenvalue weighted by molar-refractivity contribution is 6.31. The molecule has 0 bridgehead atoms. The average molecular weight is 475 g/mol. The number of hydrogen-bond donors (Lipinski definition) is 1. The number of ether oxygens (including phenoxy) is 3. The van der Waals surface area contributed by atoms with Gasteiger partial charge in [-0.3, -0.25) is 9.59 Å². The third-order valence-corrected chi connectivity index (χ3v) is 5.43. The fourth-order valence-corrected chi connectivity index (χ4v) is 3.85. The summed E-state index contributed by atoms with van der Waals surface area (Å²) in [6.45, 7) is 7.77. The van der Waals surface area contributed by atoms with Crippen molar-refractivity contribution in [3.63, 3.8) is 0 Å². The standard InChI is InChI=1S/C25H31ClN2O5/c1-4-31-22-8-6-18(14-23(22)32-5-2)12-13-27-24(29)10-11-25(30)28-16-17(3)33-21-9-7-19(26)15-20(21)28/h6-9,14-15,17H,4-5,10-13,16H2,1-3H3,(H,27,29). The Morgan fingerprint density at radius 3 is 2.61 bits per heavy atom. The van der Waals surface area contributed by atoms with Crippen molar-refractivity contribution >= 4 is 29.1 Å². The van der Waals surface area contributed by atoms with Crippen LogP contribution in [-0.2, 0) is 16.0 Å². The van der Waals surface area contributed by atoms with E-state index in [1.54, 1.807) is 23.1 Å². The Hall–Kier alpha value is -2.93. The van der Waals surface area contributed by atoms with Gasteiger partial charge >= 0.3 is 0 Å². The van der Waals surface area contributed by atoms with Gasteiger partial charge in [0.05, 0.1) is 25.4 Å². The van der Waals surface area contributed by atoms with Crippen molar-refractivity contribution in [2.75, 3.05) is 31.2 Å². The molecule has 0 saturated heterocycles. The third kappa shape index (κ3) is 6.78. The highest BCUT2D eigenvalue weighted by Gasteiger charge is 2.28. The normalized spacial score (nSPS) is 14.8. The van der Waals surface area contributed by atoms with Crippen molar-refractivity contribution in [1.29, 1.82) is 0 Å². The molecule has 2 amide bonds. The molecule has 7 nitrogen and oxygen atoms in total. The van der Waals surface area contributed by atoms with E-state index in [1.165, 1.54) is 0 Å². The number of rotatable bonds is 10. The summed E-state index contributed by atoms with van der Waals surface area (Å²) in [6, 6.07) is 11.0. The number of nitrogens with zero attached hydrogens (tertiary/aromatic N) is 1. The van der Waals surface area contributed by atoms with Gasteiger partial charge in [0.1, 0.15) is 11.9 Å². The Bertz CT molecular complexity index is 981. The van der Waals surface area contributed by atoms with Crippen molar-refractivity contribution in [3.05, 3.63) is 47.0 Å². The number of amides is 2. The Morgan fingerprint density at radius 1 is 1.09 bits per heavy atom. The summed E-state index contributed by atoms with van der Waals surface area (Å²) < 4.78 is 17.0. The first-order valence-corrected chi connectivity index (χ1v) is 11.7. The van der Waals surface area contributed by atoms with Crippen LogP contribution in [0.5, 0.6) is 17.2 Å². The molecule has 0 fully saturated rings. The second-order valence-electron chi connectivity index (χ2n) is 7.79. The minimum absolute atomic E-state index is 0.113. The van der Waals surface area contributed by atoms with Crippen LogP contribution in [0.1, 0.15) is 39.2 Å². The molecule has 178 valence electrons. The van der Waals surface area contributed by atoms with Gasteiger partial charge in [-0.25, -0.2) is 0 Å².